The molecular formula is C18H23BrN2. The number of halogens is 1. The molecule has 3 heteroatoms. The predicted octanol–water partition coefficient (Wildman–Crippen LogP) is 5.06. The number of pyridine rings is 1. The Morgan fingerprint density at radius 3 is 3.00 bits per heavy atom. The van der Waals surface area contributed by atoms with Crippen molar-refractivity contribution in [3.63, 3.8) is 0 Å². The van der Waals surface area contributed by atoms with Gasteiger partial charge in [0.1, 0.15) is 0 Å². The van der Waals surface area contributed by atoms with E-state index in [1.54, 1.807) is 0 Å². The summed E-state index contributed by atoms with van der Waals surface area (Å²) in [5, 5.41) is 4.94. The molecule has 21 heavy (non-hydrogen) atoms. The van der Waals surface area contributed by atoms with E-state index >= 15 is 0 Å². The first kappa shape index (κ1) is 15.0. The van der Waals surface area contributed by atoms with Gasteiger partial charge in [0.25, 0.3) is 0 Å². The van der Waals surface area contributed by atoms with E-state index in [1.807, 2.05) is 12.3 Å². The molecule has 1 unspecified atom stereocenters. The number of rotatable bonds is 3. The second-order valence-corrected chi connectivity index (χ2v) is 7.80. The Labute approximate surface area is 135 Å². The number of hydrogen-bond acceptors (Lipinski definition) is 2. The van der Waals surface area contributed by atoms with Crippen molar-refractivity contribution in [1.82, 2.24) is 10.3 Å². The Bertz CT molecular complexity index is 636. The molecule has 1 saturated carbocycles. The average molecular weight is 347 g/mol. The lowest BCUT2D eigenvalue weighted by molar-refractivity contribution is 0.198. The summed E-state index contributed by atoms with van der Waals surface area (Å²) in [6.45, 7) is 5.68. The van der Waals surface area contributed by atoms with Crippen LogP contribution in [0.4, 0.5) is 0 Å². The Morgan fingerprint density at radius 2 is 2.19 bits per heavy atom. The quantitative estimate of drug-likeness (QED) is 0.840. The number of aromatic nitrogens is 1. The standard InChI is InChI=1S/C18H23BrN2/c1-18(2)9-3-5-14(11-18)21-12-13-7-8-16(19)15-6-4-10-20-17(13)15/h4,6-8,10,14,21H,3,5,9,11-12H2,1-2H3. The van der Waals surface area contributed by atoms with Crippen molar-refractivity contribution in [3.8, 4) is 0 Å². The fourth-order valence-corrected chi connectivity index (χ4v) is 3.92. The first-order valence-electron chi connectivity index (χ1n) is 7.81. The van der Waals surface area contributed by atoms with Crippen LogP contribution in [-0.2, 0) is 6.54 Å². The zero-order valence-corrected chi connectivity index (χ0v) is 14.4. The van der Waals surface area contributed by atoms with Gasteiger partial charge >= 0.3 is 0 Å². The molecule has 0 saturated heterocycles. The smallest absolute Gasteiger partial charge is 0.0758 e. The van der Waals surface area contributed by atoms with Gasteiger partial charge in [-0.1, -0.05) is 48.3 Å². The Morgan fingerprint density at radius 1 is 1.33 bits per heavy atom. The molecule has 0 bridgehead atoms. The molecule has 0 spiro atoms. The van der Waals surface area contributed by atoms with Crippen LogP contribution in [0.5, 0.6) is 0 Å². The lowest BCUT2D eigenvalue weighted by Gasteiger charge is -2.35. The zero-order valence-electron chi connectivity index (χ0n) is 12.8. The van der Waals surface area contributed by atoms with Crippen LogP contribution in [-0.4, -0.2) is 11.0 Å². The molecule has 1 aromatic carbocycles. The van der Waals surface area contributed by atoms with Gasteiger partial charge in [0.15, 0.2) is 0 Å². The highest BCUT2D eigenvalue weighted by Crippen LogP contribution is 2.35. The zero-order chi connectivity index (χ0) is 14.9. The predicted molar refractivity (Wildman–Crippen MR) is 92.3 cm³/mol. The van der Waals surface area contributed by atoms with Gasteiger partial charge in [-0.15, -0.1) is 0 Å². The van der Waals surface area contributed by atoms with E-state index in [0.717, 1.165) is 16.5 Å². The molecule has 2 nitrogen and oxygen atoms in total. The fourth-order valence-electron chi connectivity index (χ4n) is 3.47. The average Bonchev–Trinajstić information content (AvgIpc) is 2.46. The summed E-state index contributed by atoms with van der Waals surface area (Å²) in [7, 11) is 0. The van der Waals surface area contributed by atoms with Gasteiger partial charge in [-0.3, -0.25) is 4.98 Å². The Kier molecular flexibility index (Phi) is 4.32. The third-order valence-electron chi connectivity index (χ3n) is 4.59. The summed E-state index contributed by atoms with van der Waals surface area (Å²) in [5.41, 5.74) is 2.88. The SMILES string of the molecule is CC1(C)CCCC(NCc2ccc(Br)c3cccnc23)C1. The van der Waals surface area contributed by atoms with E-state index in [1.165, 1.54) is 36.6 Å². The summed E-state index contributed by atoms with van der Waals surface area (Å²) >= 11 is 3.61. The highest BCUT2D eigenvalue weighted by Gasteiger charge is 2.27. The molecular weight excluding hydrogens is 324 g/mol. The van der Waals surface area contributed by atoms with E-state index < -0.39 is 0 Å². The van der Waals surface area contributed by atoms with E-state index in [-0.39, 0.29) is 0 Å². The van der Waals surface area contributed by atoms with Crippen molar-refractivity contribution in [2.45, 2.75) is 52.1 Å². The highest BCUT2D eigenvalue weighted by atomic mass is 79.9. The van der Waals surface area contributed by atoms with Crippen LogP contribution in [0.3, 0.4) is 0 Å². The van der Waals surface area contributed by atoms with Crippen molar-refractivity contribution in [2.24, 2.45) is 5.41 Å². The molecule has 112 valence electrons. The Hall–Kier alpha value is -0.930. The van der Waals surface area contributed by atoms with Crippen LogP contribution in [0.1, 0.15) is 45.1 Å². The molecule has 0 aliphatic heterocycles. The maximum Gasteiger partial charge on any atom is 0.0758 e. The molecule has 1 atom stereocenters. The summed E-state index contributed by atoms with van der Waals surface area (Å²) in [6.07, 6.45) is 7.14. The molecule has 1 aromatic heterocycles. The maximum atomic E-state index is 4.56. The molecule has 1 fully saturated rings. The third-order valence-corrected chi connectivity index (χ3v) is 5.28. The largest absolute Gasteiger partial charge is 0.310 e. The van der Waals surface area contributed by atoms with Gasteiger partial charge in [0.05, 0.1) is 5.52 Å². The monoisotopic (exact) mass is 346 g/mol. The maximum absolute atomic E-state index is 4.56. The molecule has 1 aliphatic carbocycles. The van der Waals surface area contributed by atoms with Gasteiger partial charge in [-0.2, -0.15) is 0 Å². The Balaban J connectivity index is 1.75. The topological polar surface area (TPSA) is 24.9 Å². The van der Waals surface area contributed by atoms with Crippen LogP contribution < -0.4 is 5.32 Å². The lowest BCUT2D eigenvalue weighted by Crippen LogP contribution is -2.36. The molecule has 1 N–H and O–H groups in total. The second kappa shape index (κ2) is 6.05. The van der Waals surface area contributed by atoms with Crippen molar-refractivity contribution < 1.29 is 0 Å². The number of hydrogen-bond donors (Lipinski definition) is 1. The van der Waals surface area contributed by atoms with Crippen LogP contribution in [0.15, 0.2) is 34.9 Å². The van der Waals surface area contributed by atoms with Crippen LogP contribution in [0, 0.1) is 5.41 Å². The molecule has 1 aliphatic rings. The summed E-state index contributed by atoms with van der Waals surface area (Å²) in [6, 6.07) is 9.07. The van der Waals surface area contributed by atoms with Crippen molar-refractivity contribution in [2.75, 3.05) is 0 Å². The van der Waals surface area contributed by atoms with Crippen LogP contribution >= 0.6 is 15.9 Å². The fraction of sp³-hybridized carbons (Fsp3) is 0.500. The first-order valence-corrected chi connectivity index (χ1v) is 8.60. The second-order valence-electron chi connectivity index (χ2n) is 6.94. The van der Waals surface area contributed by atoms with E-state index in [2.05, 4.69) is 58.3 Å². The van der Waals surface area contributed by atoms with Gasteiger partial charge in [-0.05, 0) is 42.4 Å². The number of nitrogens with zero attached hydrogens (tertiary/aromatic N) is 1. The minimum absolute atomic E-state index is 0.482. The number of fused-ring (bicyclic) bond motifs is 1. The highest BCUT2D eigenvalue weighted by molar-refractivity contribution is 9.10. The van der Waals surface area contributed by atoms with Gasteiger partial charge in [-0.25, -0.2) is 0 Å². The number of benzene rings is 1. The van der Waals surface area contributed by atoms with Gasteiger partial charge in [0, 0.05) is 28.6 Å². The van der Waals surface area contributed by atoms with Gasteiger partial charge in [0.2, 0.25) is 0 Å². The first-order chi connectivity index (χ1) is 10.1. The van der Waals surface area contributed by atoms with E-state index in [9.17, 15) is 0 Å². The van der Waals surface area contributed by atoms with Crippen LogP contribution in [0.2, 0.25) is 0 Å². The van der Waals surface area contributed by atoms with Crippen molar-refractivity contribution >= 4 is 26.8 Å². The minimum Gasteiger partial charge on any atom is -0.310 e. The normalized spacial score (nSPS) is 21.6. The molecule has 0 amide bonds. The lowest BCUT2D eigenvalue weighted by atomic mass is 9.75. The van der Waals surface area contributed by atoms with E-state index in [4.69, 9.17) is 0 Å². The minimum atomic E-state index is 0.482. The van der Waals surface area contributed by atoms with Crippen LogP contribution in [0.25, 0.3) is 10.9 Å². The number of nitrogens with one attached hydrogen (secondary N) is 1. The van der Waals surface area contributed by atoms with E-state index in [0.29, 0.717) is 11.5 Å². The van der Waals surface area contributed by atoms with Crippen molar-refractivity contribution in [1.29, 1.82) is 0 Å². The third kappa shape index (κ3) is 3.46. The molecule has 2 aromatic rings. The molecule has 0 radical (unpaired) electrons. The summed E-state index contributed by atoms with van der Waals surface area (Å²) in [4.78, 5) is 4.56. The molecule has 1 heterocycles. The molecule has 3 rings (SSSR count). The van der Waals surface area contributed by atoms with Gasteiger partial charge < -0.3 is 5.32 Å². The summed E-state index contributed by atoms with van der Waals surface area (Å²) in [5.74, 6) is 0. The summed E-state index contributed by atoms with van der Waals surface area (Å²) < 4.78 is 1.12. The van der Waals surface area contributed by atoms with Crippen molar-refractivity contribution in [3.05, 3.63) is 40.5 Å².